The lowest BCUT2D eigenvalue weighted by atomic mass is 10.2. The average molecular weight is 178 g/mol. The zero-order chi connectivity index (χ0) is 8.91. The summed E-state index contributed by atoms with van der Waals surface area (Å²) < 4.78 is 0. The minimum absolute atomic E-state index is 0.0780. The smallest absolute Gasteiger partial charge is 0.141 e. The van der Waals surface area contributed by atoms with Crippen LogP contribution in [-0.4, -0.2) is 18.1 Å². The SMILES string of the molecule is CC(C)(C)ONCC(Cl)=C=O. The van der Waals surface area contributed by atoms with Gasteiger partial charge in [-0.15, -0.1) is 0 Å². The molecule has 0 aromatic carbocycles. The summed E-state index contributed by atoms with van der Waals surface area (Å²) in [5.41, 5.74) is 2.27. The maximum Gasteiger partial charge on any atom is 0.141 e. The summed E-state index contributed by atoms with van der Waals surface area (Å²) in [7, 11) is 0. The van der Waals surface area contributed by atoms with Crippen LogP contribution in [0, 0.1) is 0 Å². The van der Waals surface area contributed by atoms with Gasteiger partial charge in [0.1, 0.15) is 11.0 Å². The van der Waals surface area contributed by atoms with E-state index in [1.165, 1.54) is 0 Å². The normalized spacial score (nSPS) is 10.9. The van der Waals surface area contributed by atoms with Crippen LogP contribution in [0.4, 0.5) is 0 Å². The minimum atomic E-state index is -0.278. The molecule has 0 saturated heterocycles. The molecule has 64 valence electrons. The Morgan fingerprint density at radius 2 is 2.18 bits per heavy atom. The Kier molecular flexibility index (Phi) is 4.38. The Hall–Kier alpha value is -0.340. The van der Waals surface area contributed by atoms with Crippen LogP contribution in [0.5, 0.6) is 0 Å². The molecule has 0 fully saturated rings. The molecule has 4 heteroatoms. The number of hydrogen-bond acceptors (Lipinski definition) is 3. The predicted octanol–water partition coefficient (Wildman–Crippen LogP) is 1.26. The molecule has 0 aromatic rings. The maximum absolute atomic E-state index is 9.87. The van der Waals surface area contributed by atoms with Gasteiger partial charge in [0, 0.05) is 0 Å². The summed E-state index contributed by atoms with van der Waals surface area (Å²) in [6, 6.07) is 0. The summed E-state index contributed by atoms with van der Waals surface area (Å²) in [6.45, 7) is 5.86. The lowest BCUT2D eigenvalue weighted by Crippen LogP contribution is -2.29. The maximum atomic E-state index is 9.87. The highest BCUT2D eigenvalue weighted by Crippen LogP contribution is 2.03. The van der Waals surface area contributed by atoms with Crippen LogP contribution in [0.2, 0.25) is 0 Å². The number of hydrogen-bond donors (Lipinski definition) is 1. The summed E-state index contributed by atoms with van der Waals surface area (Å²) >= 11 is 5.34. The zero-order valence-corrected chi connectivity index (χ0v) is 7.66. The highest BCUT2D eigenvalue weighted by Gasteiger charge is 2.09. The first-order valence-electron chi connectivity index (χ1n) is 3.26. The molecule has 0 saturated carbocycles. The van der Waals surface area contributed by atoms with Gasteiger partial charge in [-0.05, 0) is 20.8 Å². The van der Waals surface area contributed by atoms with Crippen molar-refractivity contribution in [2.24, 2.45) is 0 Å². The molecule has 0 spiro atoms. The van der Waals surface area contributed by atoms with Crippen molar-refractivity contribution in [2.45, 2.75) is 26.4 Å². The first kappa shape index (κ1) is 10.7. The fourth-order valence-corrected chi connectivity index (χ4v) is 0.407. The van der Waals surface area contributed by atoms with E-state index in [1.54, 1.807) is 5.94 Å². The van der Waals surface area contributed by atoms with E-state index in [0.29, 0.717) is 0 Å². The fourth-order valence-electron chi connectivity index (χ4n) is 0.352. The van der Waals surface area contributed by atoms with Crippen LogP contribution in [0.1, 0.15) is 20.8 Å². The first-order chi connectivity index (χ1) is 4.95. The number of nitrogens with one attached hydrogen (secondary N) is 1. The van der Waals surface area contributed by atoms with Gasteiger partial charge in [-0.2, -0.15) is 5.48 Å². The van der Waals surface area contributed by atoms with Gasteiger partial charge in [-0.25, -0.2) is 4.79 Å². The second-order valence-electron chi connectivity index (χ2n) is 3.04. The third-order valence-corrected chi connectivity index (χ3v) is 0.927. The largest absolute Gasteiger partial charge is 0.296 e. The quantitative estimate of drug-likeness (QED) is 0.521. The molecule has 0 atom stereocenters. The second kappa shape index (κ2) is 4.52. The Morgan fingerprint density at radius 1 is 1.64 bits per heavy atom. The van der Waals surface area contributed by atoms with Crippen molar-refractivity contribution in [3.63, 3.8) is 0 Å². The molecule has 0 radical (unpaired) electrons. The van der Waals surface area contributed by atoms with Gasteiger partial charge < -0.3 is 0 Å². The Labute approximate surface area is 71.3 Å². The van der Waals surface area contributed by atoms with Gasteiger partial charge in [0.25, 0.3) is 0 Å². The molecule has 0 aromatic heterocycles. The van der Waals surface area contributed by atoms with Crippen LogP contribution in [0.15, 0.2) is 5.03 Å². The van der Waals surface area contributed by atoms with Crippen molar-refractivity contribution in [1.29, 1.82) is 0 Å². The summed E-state index contributed by atoms with van der Waals surface area (Å²) in [6.07, 6.45) is 0. The third-order valence-electron chi connectivity index (χ3n) is 0.716. The molecule has 0 aliphatic rings. The molecule has 3 nitrogen and oxygen atoms in total. The van der Waals surface area contributed by atoms with Crippen molar-refractivity contribution >= 4 is 17.5 Å². The van der Waals surface area contributed by atoms with E-state index < -0.39 is 0 Å². The highest BCUT2D eigenvalue weighted by molar-refractivity contribution is 6.33. The molecule has 0 unspecified atom stereocenters. The fraction of sp³-hybridized carbons (Fsp3) is 0.714. The molecule has 11 heavy (non-hydrogen) atoms. The van der Waals surface area contributed by atoms with Crippen molar-refractivity contribution in [1.82, 2.24) is 5.48 Å². The van der Waals surface area contributed by atoms with Crippen molar-refractivity contribution in [2.75, 3.05) is 6.54 Å². The molecule has 0 rings (SSSR count). The summed E-state index contributed by atoms with van der Waals surface area (Å²) in [5.74, 6) is 1.54. The van der Waals surface area contributed by atoms with E-state index in [2.05, 4.69) is 5.48 Å². The summed E-state index contributed by atoms with van der Waals surface area (Å²) in [5, 5.41) is 0.0780. The van der Waals surface area contributed by atoms with E-state index in [1.807, 2.05) is 20.8 Å². The molecule has 0 aliphatic heterocycles. The van der Waals surface area contributed by atoms with E-state index >= 15 is 0 Å². The summed E-state index contributed by atoms with van der Waals surface area (Å²) in [4.78, 5) is 14.9. The van der Waals surface area contributed by atoms with Crippen LogP contribution in [0.25, 0.3) is 0 Å². The van der Waals surface area contributed by atoms with Gasteiger partial charge in [0.2, 0.25) is 0 Å². The monoisotopic (exact) mass is 177 g/mol. The van der Waals surface area contributed by atoms with Crippen molar-refractivity contribution in [3.05, 3.63) is 5.03 Å². The van der Waals surface area contributed by atoms with E-state index in [9.17, 15) is 4.79 Å². The molecule has 0 heterocycles. The van der Waals surface area contributed by atoms with Gasteiger partial charge in [0.15, 0.2) is 0 Å². The van der Waals surface area contributed by atoms with Crippen LogP contribution >= 0.6 is 11.6 Å². The lowest BCUT2D eigenvalue weighted by molar-refractivity contribution is -0.0680. The van der Waals surface area contributed by atoms with Gasteiger partial charge >= 0.3 is 0 Å². The molecule has 1 N–H and O–H groups in total. The second-order valence-corrected chi connectivity index (χ2v) is 3.50. The van der Waals surface area contributed by atoms with E-state index in [-0.39, 0.29) is 17.2 Å². The standard InChI is InChI=1S/C7H12ClNO2/c1-7(2,3)11-9-4-6(8)5-10/h9H,4H2,1-3H3. The molecule has 0 amide bonds. The molecule has 0 aliphatic carbocycles. The lowest BCUT2D eigenvalue weighted by Gasteiger charge is -2.18. The topological polar surface area (TPSA) is 38.3 Å². The van der Waals surface area contributed by atoms with Gasteiger partial charge in [-0.3, -0.25) is 4.84 Å². The Morgan fingerprint density at radius 3 is 2.55 bits per heavy atom. The molecular weight excluding hydrogens is 166 g/mol. The van der Waals surface area contributed by atoms with Gasteiger partial charge in [0.05, 0.1) is 12.1 Å². The van der Waals surface area contributed by atoms with Crippen LogP contribution < -0.4 is 5.48 Å². The Balaban J connectivity index is 3.51. The average Bonchev–Trinajstić information content (AvgIpc) is 1.85. The zero-order valence-electron chi connectivity index (χ0n) is 6.90. The van der Waals surface area contributed by atoms with Gasteiger partial charge in [-0.1, -0.05) is 11.6 Å². The Bertz CT molecular complexity index is 168. The van der Waals surface area contributed by atoms with E-state index in [4.69, 9.17) is 16.4 Å². The van der Waals surface area contributed by atoms with Crippen LogP contribution in [0.3, 0.4) is 0 Å². The third kappa shape index (κ3) is 7.56. The van der Waals surface area contributed by atoms with Crippen LogP contribution in [-0.2, 0) is 9.63 Å². The number of rotatable bonds is 3. The highest BCUT2D eigenvalue weighted by atomic mass is 35.5. The molecular formula is C7H12ClNO2. The van der Waals surface area contributed by atoms with Crippen molar-refractivity contribution in [3.8, 4) is 0 Å². The minimum Gasteiger partial charge on any atom is -0.296 e. The van der Waals surface area contributed by atoms with E-state index in [0.717, 1.165) is 0 Å². The first-order valence-corrected chi connectivity index (χ1v) is 3.64. The predicted molar refractivity (Wildman–Crippen MR) is 43.9 cm³/mol. The number of halogens is 1. The number of carbonyl (C=O) groups excluding carboxylic acids is 1. The number of hydroxylamine groups is 1. The molecule has 0 bridgehead atoms. The van der Waals surface area contributed by atoms with Crippen molar-refractivity contribution < 1.29 is 9.63 Å².